The van der Waals surface area contributed by atoms with Gasteiger partial charge in [-0.1, -0.05) is 35.9 Å². The Labute approximate surface area is 179 Å². The van der Waals surface area contributed by atoms with E-state index in [1.807, 2.05) is 6.07 Å². The summed E-state index contributed by atoms with van der Waals surface area (Å²) in [4.78, 5) is 18.0. The lowest BCUT2D eigenvalue weighted by atomic mass is 9.99. The SMILES string of the molecule is O=C(CN1CC=C(c2c[nH]c3ccccc23)CC1)Nc1cc2c(cc1Cl)OCCO2. The van der Waals surface area contributed by atoms with Crippen molar-refractivity contribution >= 4 is 39.7 Å². The molecule has 0 fully saturated rings. The molecule has 2 aliphatic rings. The quantitative estimate of drug-likeness (QED) is 0.655. The van der Waals surface area contributed by atoms with E-state index in [-0.39, 0.29) is 5.91 Å². The Balaban J connectivity index is 1.23. The summed E-state index contributed by atoms with van der Waals surface area (Å²) in [6, 6.07) is 11.7. The standard InChI is InChI=1S/C23H22ClN3O3/c24-18-11-21-22(30-10-9-29-21)12-20(18)26-23(28)14-27-7-5-15(6-8-27)17-13-25-19-4-2-1-3-16(17)19/h1-5,11-13,25H,6-10,14H2,(H,26,28). The summed E-state index contributed by atoms with van der Waals surface area (Å²) in [5.74, 6) is 1.11. The summed E-state index contributed by atoms with van der Waals surface area (Å²) in [5, 5.41) is 4.57. The first-order valence-electron chi connectivity index (χ1n) is 10.0. The van der Waals surface area contributed by atoms with E-state index in [0.717, 1.165) is 25.0 Å². The van der Waals surface area contributed by atoms with Crippen LogP contribution in [0.15, 0.2) is 48.7 Å². The molecule has 3 heterocycles. The zero-order valence-corrected chi connectivity index (χ0v) is 17.2. The van der Waals surface area contributed by atoms with Gasteiger partial charge in [0.1, 0.15) is 13.2 Å². The lowest BCUT2D eigenvalue weighted by Gasteiger charge is -2.26. The van der Waals surface area contributed by atoms with Crippen molar-refractivity contribution in [3.05, 3.63) is 59.3 Å². The molecule has 0 unspecified atom stereocenters. The fraction of sp³-hybridized carbons (Fsp3) is 0.261. The molecular formula is C23H22ClN3O3. The van der Waals surface area contributed by atoms with Gasteiger partial charge in [0, 0.05) is 47.9 Å². The first-order valence-corrected chi connectivity index (χ1v) is 10.4. The number of benzene rings is 2. The number of fused-ring (bicyclic) bond motifs is 2. The fourth-order valence-electron chi connectivity index (χ4n) is 3.99. The molecule has 154 valence electrons. The van der Waals surface area contributed by atoms with Crippen LogP contribution in [0.3, 0.4) is 0 Å². The monoisotopic (exact) mass is 423 g/mol. The number of H-pyrrole nitrogens is 1. The molecule has 5 rings (SSSR count). The van der Waals surface area contributed by atoms with Crippen molar-refractivity contribution in [2.75, 3.05) is 38.2 Å². The van der Waals surface area contributed by atoms with E-state index in [0.29, 0.717) is 42.0 Å². The minimum Gasteiger partial charge on any atom is -0.486 e. The maximum atomic E-state index is 12.6. The highest BCUT2D eigenvalue weighted by Crippen LogP contribution is 2.38. The first kappa shape index (κ1) is 19.0. The third kappa shape index (κ3) is 3.76. The average molecular weight is 424 g/mol. The van der Waals surface area contributed by atoms with Crippen LogP contribution < -0.4 is 14.8 Å². The highest BCUT2D eigenvalue weighted by atomic mass is 35.5. The van der Waals surface area contributed by atoms with Crippen LogP contribution in [0.4, 0.5) is 5.69 Å². The molecule has 0 saturated heterocycles. The Hall–Kier alpha value is -2.96. The van der Waals surface area contributed by atoms with Crippen molar-refractivity contribution in [3.63, 3.8) is 0 Å². The Bertz CT molecular complexity index is 1140. The molecule has 0 radical (unpaired) electrons. The molecule has 2 N–H and O–H groups in total. The van der Waals surface area contributed by atoms with Gasteiger partial charge in [0.05, 0.1) is 17.3 Å². The van der Waals surface area contributed by atoms with E-state index < -0.39 is 0 Å². The molecule has 0 spiro atoms. The molecule has 2 aliphatic heterocycles. The van der Waals surface area contributed by atoms with Crippen LogP contribution in [-0.4, -0.2) is 48.6 Å². The second-order valence-electron chi connectivity index (χ2n) is 7.49. The second kappa shape index (κ2) is 8.05. The van der Waals surface area contributed by atoms with Crippen LogP contribution in [0.2, 0.25) is 5.02 Å². The van der Waals surface area contributed by atoms with Crippen LogP contribution in [0.5, 0.6) is 11.5 Å². The van der Waals surface area contributed by atoms with Gasteiger partial charge >= 0.3 is 0 Å². The number of ether oxygens (including phenoxy) is 2. The summed E-state index contributed by atoms with van der Waals surface area (Å²) >= 11 is 6.30. The highest BCUT2D eigenvalue weighted by Gasteiger charge is 2.20. The molecule has 30 heavy (non-hydrogen) atoms. The van der Waals surface area contributed by atoms with E-state index in [4.69, 9.17) is 21.1 Å². The van der Waals surface area contributed by atoms with Crippen molar-refractivity contribution in [2.45, 2.75) is 6.42 Å². The van der Waals surface area contributed by atoms with Crippen molar-refractivity contribution in [1.82, 2.24) is 9.88 Å². The number of nitrogens with one attached hydrogen (secondary N) is 2. The number of aromatic nitrogens is 1. The van der Waals surface area contributed by atoms with E-state index in [1.165, 1.54) is 16.5 Å². The maximum Gasteiger partial charge on any atom is 0.238 e. The van der Waals surface area contributed by atoms with Crippen molar-refractivity contribution in [2.24, 2.45) is 0 Å². The smallest absolute Gasteiger partial charge is 0.238 e. The number of amides is 1. The first-order chi connectivity index (χ1) is 14.7. The Morgan fingerprint density at radius 3 is 2.77 bits per heavy atom. The van der Waals surface area contributed by atoms with Crippen LogP contribution in [-0.2, 0) is 4.79 Å². The number of nitrogens with zero attached hydrogens (tertiary/aromatic N) is 1. The molecule has 0 bridgehead atoms. The summed E-state index contributed by atoms with van der Waals surface area (Å²) in [6.45, 7) is 2.85. The van der Waals surface area contributed by atoms with Crippen LogP contribution in [0.25, 0.3) is 16.5 Å². The van der Waals surface area contributed by atoms with Crippen molar-refractivity contribution in [1.29, 1.82) is 0 Å². The van der Waals surface area contributed by atoms with Crippen LogP contribution >= 0.6 is 11.6 Å². The number of anilines is 1. The number of para-hydroxylation sites is 1. The maximum absolute atomic E-state index is 12.6. The molecule has 0 atom stereocenters. The zero-order valence-electron chi connectivity index (χ0n) is 16.4. The molecule has 6 nitrogen and oxygen atoms in total. The number of carbonyl (C=O) groups is 1. The van der Waals surface area contributed by atoms with Crippen molar-refractivity contribution in [3.8, 4) is 11.5 Å². The van der Waals surface area contributed by atoms with Gasteiger partial charge in [-0.05, 0) is 18.1 Å². The van der Waals surface area contributed by atoms with Gasteiger partial charge in [0.15, 0.2) is 11.5 Å². The average Bonchev–Trinajstić information content (AvgIpc) is 3.19. The largest absolute Gasteiger partial charge is 0.486 e. The molecule has 2 aromatic carbocycles. The summed E-state index contributed by atoms with van der Waals surface area (Å²) in [7, 11) is 0. The number of hydrogen-bond acceptors (Lipinski definition) is 4. The number of halogens is 1. The van der Waals surface area contributed by atoms with Gasteiger partial charge in [0.2, 0.25) is 5.91 Å². The number of rotatable bonds is 4. The highest BCUT2D eigenvalue weighted by molar-refractivity contribution is 6.34. The Kier molecular flexibility index (Phi) is 5.11. The molecule has 7 heteroatoms. The van der Waals surface area contributed by atoms with Gasteiger partial charge in [0.25, 0.3) is 0 Å². The lowest BCUT2D eigenvalue weighted by molar-refractivity contribution is -0.117. The Morgan fingerprint density at radius 2 is 1.97 bits per heavy atom. The van der Waals surface area contributed by atoms with Gasteiger partial charge in [-0.15, -0.1) is 0 Å². The van der Waals surface area contributed by atoms with Gasteiger partial charge in [-0.2, -0.15) is 0 Å². The number of carbonyl (C=O) groups excluding carboxylic acids is 1. The molecule has 0 saturated carbocycles. The summed E-state index contributed by atoms with van der Waals surface area (Å²) in [5.41, 5.74) is 4.25. The molecule has 3 aromatic rings. The van der Waals surface area contributed by atoms with Crippen LogP contribution in [0, 0.1) is 0 Å². The lowest BCUT2D eigenvalue weighted by Crippen LogP contribution is -2.36. The third-order valence-corrected chi connectivity index (χ3v) is 5.81. The van der Waals surface area contributed by atoms with Gasteiger partial charge < -0.3 is 19.8 Å². The predicted molar refractivity (Wildman–Crippen MR) is 118 cm³/mol. The third-order valence-electron chi connectivity index (χ3n) is 5.50. The summed E-state index contributed by atoms with van der Waals surface area (Å²) < 4.78 is 11.1. The molecule has 1 aromatic heterocycles. The minimum absolute atomic E-state index is 0.0995. The van der Waals surface area contributed by atoms with Crippen LogP contribution in [0.1, 0.15) is 12.0 Å². The second-order valence-corrected chi connectivity index (χ2v) is 7.89. The minimum atomic E-state index is -0.0995. The molecule has 0 aliphatic carbocycles. The van der Waals surface area contributed by atoms with E-state index >= 15 is 0 Å². The van der Waals surface area contributed by atoms with E-state index in [9.17, 15) is 4.79 Å². The van der Waals surface area contributed by atoms with Gasteiger partial charge in [-0.25, -0.2) is 0 Å². The molecule has 1 amide bonds. The van der Waals surface area contributed by atoms with E-state index in [1.54, 1.807) is 12.1 Å². The Morgan fingerprint density at radius 1 is 1.17 bits per heavy atom. The summed E-state index contributed by atoms with van der Waals surface area (Å²) in [6.07, 6.45) is 5.19. The predicted octanol–water partition coefficient (Wildman–Crippen LogP) is 4.32. The van der Waals surface area contributed by atoms with Crippen molar-refractivity contribution < 1.29 is 14.3 Å². The normalized spacial score (nSPS) is 16.4. The number of hydrogen-bond donors (Lipinski definition) is 2. The number of aromatic amines is 1. The van der Waals surface area contributed by atoms with E-state index in [2.05, 4.69) is 45.7 Å². The fourth-order valence-corrected chi connectivity index (χ4v) is 4.19. The zero-order chi connectivity index (χ0) is 20.5. The molecular weight excluding hydrogens is 402 g/mol. The topological polar surface area (TPSA) is 66.6 Å². The van der Waals surface area contributed by atoms with Gasteiger partial charge in [-0.3, -0.25) is 9.69 Å².